The van der Waals surface area contributed by atoms with Crippen molar-refractivity contribution in [3.63, 3.8) is 0 Å². The number of carbonyl (C=O) groups excluding carboxylic acids is 5. The Morgan fingerprint density at radius 2 is 1.48 bits per heavy atom. The maximum absolute atomic E-state index is 13.4. The van der Waals surface area contributed by atoms with Gasteiger partial charge in [-0.05, 0) is 30.4 Å². The Morgan fingerprint density at radius 3 is 2.08 bits per heavy atom. The number of benzene rings is 1. The topological polar surface area (TPSA) is 253 Å². The maximum Gasteiger partial charge on any atom is 0.326 e. The Labute approximate surface area is 230 Å². The van der Waals surface area contributed by atoms with Gasteiger partial charge in [0.05, 0.1) is 12.5 Å². The van der Waals surface area contributed by atoms with Gasteiger partial charge in [0.2, 0.25) is 29.5 Å². The molecule has 0 bridgehead atoms. The molecule has 1 aromatic heterocycles. The Bertz CT molecular complexity index is 1240. The van der Waals surface area contributed by atoms with Gasteiger partial charge in [0, 0.05) is 29.9 Å². The number of rotatable bonds is 16. The largest absolute Gasteiger partial charge is 0.480 e. The van der Waals surface area contributed by atoms with Crippen LogP contribution in [0.4, 0.5) is 0 Å². The summed E-state index contributed by atoms with van der Waals surface area (Å²) in [6, 6.07) is 2.15. The molecule has 2 aromatic rings. The van der Waals surface area contributed by atoms with Crippen LogP contribution >= 0.6 is 0 Å². The molecule has 5 amide bonds. The first-order valence-electron chi connectivity index (χ1n) is 12.8. The molecule has 4 unspecified atom stereocenters. The first-order chi connectivity index (χ1) is 18.8. The van der Waals surface area contributed by atoms with Gasteiger partial charge in [-0.15, -0.1) is 0 Å². The predicted octanol–water partition coefficient (Wildman–Crippen LogP) is -1.24. The Balaban J connectivity index is 2.30. The minimum Gasteiger partial charge on any atom is -0.480 e. The van der Waals surface area contributed by atoms with Crippen molar-refractivity contribution in [1.29, 1.82) is 0 Å². The van der Waals surface area contributed by atoms with Crippen molar-refractivity contribution in [1.82, 2.24) is 20.9 Å². The predicted molar refractivity (Wildman–Crippen MR) is 145 cm³/mol. The van der Waals surface area contributed by atoms with E-state index in [1.807, 2.05) is 38.1 Å². The van der Waals surface area contributed by atoms with Crippen LogP contribution in [0.1, 0.15) is 45.1 Å². The average molecular weight is 560 g/mol. The molecular formula is C26H37N7O7. The number of hydrogen-bond acceptors (Lipinski definition) is 7. The number of hydrogen-bond donors (Lipinski definition) is 8. The van der Waals surface area contributed by atoms with Crippen molar-refractivity contribution in [3.8, 4) is 0 Å². The molecule has 14 heteroatoms. The van der Waals surface area contributed by atoms with E-state index in [-0.39, 0.29) is 25.2 Å². The second-order valence-corrected chi connectivity index (χ2v) is 10.00. The van der Waals surface area contributed by atoms with E-state index < -0.39 is 66.1 Å². The molecule has 2 rings (SSSR count). The van der Waals surface area contributed by atoms with Gasteiger partial charge in [-0.25, -0.2) is 4.79 Å². The van der Waals surface area contributed by atoms with Crippen molar-refractivity contribution in [2.45, 2.75) is 70.1 Å². The smallest absolute Gasteiger partial charge is 0.326 e. The number of carboxylic acid groups (broad SMARTS) is 1. The van der Waals surface area contributed by atoms with Crippen LogP contribution in [0.15, 0.2) is 30.5 Å². The summed E-state index contributed by atoms with van der Waals surface area (Å²) in [4.78, 5) is 76.6. The van der Waals surface area contributed by atoms with Gasteiger partial charge < -0.3 is 43.2 Å². The van der Waals surface area contributed by atoms with Gasteiger partial charge in [-0.3, -0.25) is 24.0 Å². The Morgan fingerprint density at radius 1 is 0.875 bits per heavy atom. The zero-order valence-electron chi connectivity index (χ0n) is 22.4. The second-order valence-electron chi connectivity index (χ2n) is 10.00. The molecule has 4 atom stereocenters. The highest BCUT2D eigenvalue weighted by Crippen LogP contribution is 2.19. The summed E-state index contributed by atoms with van der Waals surface area (Å²) in [6.45, 7) is 3.79. The number of amides is 5. The fourth-order valence-corrected chi connectivity index (χ4v) is 4.12. The van der Waals surface area contributed by atoms with Crippen molar-refractivity contribution in [2.75, 3.05) is 0 Å². The summed E-state index contributed by atoms with van der Waals surface area (Å²) in [5.74, 6) is -5.46. The molecule has 1 aromatic carbocycles. The SMILES string of the molecule is CC(C)CC(N)C(=O)NC(Cc1c[nH]c2ccccc12)C(=O)NC(CC(N)=O)C(=O)NC(CCC(N)=O)C(=O)O. The van der Waals surface area contributed by atoms with Gasteiger partial charge in [0.15, 0.2) is 0 Å². The van der Waals surface area contributed by atoms with Crippen LogP contribution < -0.4 is 33.2 Å². The van der Waals surface area contributed by atoms with E-state index in [4.69, 9.17) is 17.2 Å². The highest BCUT2D eigenvalue weighted by atomic mass is 16.4. The van der Waals surface area contributed by atoms with E-state index in [1.165, 1.54) is 0 Å². The van der Waals surface area contributed by atoms with Gasteiger partial charge in [-0.2, -0.15) is 0 Å². The van der Waals surface area contributed by atoms with Gasteiger partial charge in [0.25, 0.3) is 0 Å². The molecule has 0 aliphatic carbocycles. The van der Waals surface area contributed by atoms with Crippen LogP contribution in [0.2, 0.25) is 0 Å². The number of para-hydroxylation sites is 1. The monoisotopic (exact) mass is 559 g/mol. The van der Waals surface area contributed by atoms with Crippen molar-refractivity contribution in [2.24, 2.45) is 23.1 Å². The first kappa shape index (κ1) is 31.8. The van der Waals surface area contributed by atoms with Gasteiger partial charge in [-0.1, -0.05) is 32.0 Å². The number of nitrogens with one attached hydrogen (secondary N) is 4. The zero-order chi connectivity index (χ0) is 30.0. The van der Waals surface area contributed by atoms with Crippen LogP contribution in [0.5, 0.6) is 0 Å². The van der Waals surface area contributed by atoms with E-state index in [9.17, 15) is 33.9 Å². The maximum atomic E-state index is 13.4. The van der Waals surface area contributed by atoms with Crippen molar-refractivity contribution in [3.05, 3.63) is 36.0 Å². The lowest BCUT2D eigenvalue weighted by molar-refractivity contribution is -0.142. The molecule has 0 aliphatic rings. The summed E-state index contributed by atoms with van der Waals surface area (Å²) in [6.07, 6.45) is 0.786. The average Bonchev–Trinajstić information content (AvgIpc) is 3.27. The van der Waals surface area contributed by atoms with Crippen LogP contribution in [0, 0.1) is 5.92 Å². The lowest BCUT2D eigenvalue weighted by atomic mass is 10.0. The van der Waals surface area contributed by atoms with Crippen LogP contribution in [-0.2, 0) is 35.2 Å². The van der Waals surface area contributed by atoms with E-state index in [0.29, 0.717) is 12.0 Å². The van der Waals surface area contributed by atoms with Crippen molar-refractivity contribution >= 4 is 46.4 Å². The highest BCUT2D eigenvalue weighted by molar-refractivity contribution is 5.96. The summed E-state index contributed by atoms with van der Waals surface area (Å²) < 4.78 is 0. The third-order valence-corrected chi connectivity index (χ3v) is 6.13. The molecule has 0 saturated heterocycles. The third kappa shape index (κ3) is 9.69. The number of aromatic amines is 1. The molecule has 218 valence electrons. The standard InChI is InChI=1S/C26H37N7O7/c1-13(2)9-16(27)23(36)32-19(10-14-12-30-17-6-4-3-5-15(14)17)24(37)33-20(11-22(29)35)25(38)31-18(26(39)40)7-8-21(28)34/h3-6,12-13,16,18-20,30H,7-11,27H2,1-2H3,(H2,28,34)(H2,29,35)(H,31,38)(H,32,36)(H,33,37)(H,39,40). The summed E-state index contributed by atoms with van der Waals surface area (Å²) >= 11 is 0. The van der Waals surface area contributed by atoms with Crippen LogP contribution in [0.3, 0.4) is 0 Å². The normalized spacial score (nSPS) is 14.1. The summed E-state index contributed by atoms with van der Waals surface area (Å²) in [5.41, 5.74) is 17.9. The molecule has 0 radical (unpaired) electrons. The quantitative estimate of drug-likeness (QED) is 0.123. The first-order valence-corrected chi connectivity index (χ1v) is 12.8. The molecule has 14 nitrogen and oxygen atoms in total. The summed E-state index contributed by atoms with van der Waals surface area (Å²) in [7, 11) is 0. The second kappa shape index (κ2) is 14.6. The number of primary amides is 2. The number of fused-ring (bicyclic) bond motifs is 1. The number of carbonyl (C=O) groups is 6. The van der Waals surface area contributed by atoms with Crippen molar-refractivity contribution < 1.29 is 33.9 Å². The molecule has 11 N–H and O–H groups in total. The lowest BCUT2D eigenvalue weighted by Crippen LogP contribution is -2.58. The van der Waals surface area contributed by atoms with Crippen LogP contribution in [-0.4, -0.2) is 69.8 Å². The van der Waals surface area contributed by atoms with E-state index in [1.54, 1.807) is 6.20 Å². The fraction of sp³-hybridized carbons (Fsp3) is 0.462. The summed E-state index contributed by atoms with van der Waals surface area (Å²) in [5, 5.41) is 17.4. The molecule has 0 fully saturated rings. The number of aromatic nitrogens is 1. The van der Waals surface area contributed by atoms with Crippen LogP contribution in [0.25, 0.3) is 10.9 Å². The Kier molecular flexibility index (Phi) is 11.6. The Hall–Kier alpha value is -4.46. The molecular weight excluding hydrogens is 522 g/mol. The lowest BCUT2D eigenvalue weighted by Gasteiger charge is -2.25. The third-order valence-electron chi connectivity index (χ3n) is 6.13. The fourth-order valence-electron chi connectivity index (χ4n) is 4.12. The van der Waals surface area contributed by atoms with E-state index in [2.05, 4.69) is 20.9 Å². The molecule has 0 saturated carbocycles. The molecule has 1 heterocycles. The number of carboxylic acids is 1. The van der Waals surface area contributed by atoms with E-state index in [0.717, 1.165) is 10.9 Å². The molecule has 0 aliphatic heterocycles. The van der Waals surface area contributed by atoms with Gasteiger partial charge >= 0.3 is 5.97 Å². The minimum atomic E-state index is -1.56. The molecule has 0 spiro atoms. The zero-order valence-corrected chi connectivity index (χ0v) is 22.4. The molecule has 40 heavy (non-hydrogen) atoms. The highest BCUT2D eigenvalue weighted by Gasteiger charge is 2.32. The number of nitrogens with two attached hydrogens (primary N) is 3. The minimum absolute atomic E-state index is 0.0112. The number of aliphatic carboxylic acids is 1. The number of H-pyrrole nitrogens is 1. The van der Waals surface area contributed by atoms with E-state index >= 15 is 0 Å². The van der Waals surface area contributed by atoms with Gasteiger partial charge in [0.1, 0.15) is 18.1 Å².